The molecule has 0 N–H and O–H groups in total. The van der Waals surface area contributed by atoms with Gasteiger partial charge in [-0.15, -0.1) is 6.58 Å². The van der Waals surface area contributed by atoms with Crippen LogP contribution in [-0.4, -0.2) is 12.6 Å². The number of hydrogen-bond acceptors (Lipinski definition) is 1. The van der Waals surface area contributed by atoms with Gasteiger partial charge in [0.25, 0.3) is 0 Å². The van der Waals surface area contributed by atoms with E-state index in [1.807, 2.05) is 0 Å². The van der Waals surface area contributed by atoms with Crippen LogP contribution in [0.15, 0.2) is 52.5 Å². The summed E-state index contributed by atoms with van der Waals surface area (Å²) in [7, 11) is 0. The van der Waals surface area contributed by atoms with E-state index < -0.39 is 0 Å². The van der Waals surface area contributed by atoms with Crippen LogP contribution in [0.5, 0.6) is 0 Å². The number of anilines is 1. The fourth-order valence-electron chi connectivity index (χ4n) is 2.53. The Kier molecular flexibility index (Phi) is 4.28. The highest BCUT2D eigenvalue weighted by atomic mass is 79.9. The lowest BCUT2D eigenvalue weighted by molar-refractivity contribution is 0.577. The van der Waals surface area contributed by atoms with E-state index in [0.717, 1.165) is 19.4 Å². The Balaban J connectivity index is 2.29. The zero-order valence-electron chi connectivity index (χ0n) is 11.1. The smallest absolute Gasteiger partial charge is 0.0516 e. The Bertz CT molecular complexity index is 476. The van der Waals surface area contributed by atoms with Gasteiger partial charge in [-0.3, -0.25) is 0 Å². The fourth-order valence-corrected chi connectivity index (χ4v) is 3.05. The van der Waals surface area contributed by atoms with Gasteiger partial charge in [0.1, 0.15) is 0 Å². The number of para-hydroxylation sites is 1. The minimum absolute atomic E-state index is 0.534. The summed E-state index contributed by atoms with van der Waals surface area (Å²) in [6.45, 7) is 9.40. The van der Waals surface area contributed by atoms with Gasteiger partial charge < -0.3 is 4.90 Å². The molecule has 1 aliphatic rings. The summed E-state index contributed by atoms with van der Waals surface area (Å²) >= 11 is 3.66. The van der Waals surface area contributed by atoms with Crippen molar-refractivity contribution in [3.8, 4) is 0 Å². The molecule has 0 aliphatic carbocycles. The van der Waals surface area contributed by atoms with Gasteiger partial charge in [0.05, 0.1) is 5.69 Å². The van der Waals surface area contributed by atoms with Crippen molar-refractivity contribution in [2.24, 2.45) is 0 Å². The molecule has 1 aliphatic heterocycles. The summed E-state index contributed by atoms with van der Waals surface area (Å²) in [5.41, 5.74) is 4.03. The normalized spacial score (nSPS) is 19.6. The first-order valence-corrected chi connectivity index (χ1v) is 7.18. The molecule has 2 heteroatoms. The lowest BCUT2D eigenvalue weighted by atomic mass is 9.95. The summed E-state index contributed by atoms with van der Waals surface area (Å²) < 4.78 is 1.17. The van der Waals surface area contributed by atoms with Gasteiger partial charge in [0, 0.05) is 17.1 Å². The Hall–Kier alpha value is -1.02. The molecule has 2 rings (SSSR count). The van der Waals surface area contributed by atoms with Crippen LogP contribution in [0.4, 0.5) is 5.69 Å². The molecule has 0 saturated carbocycles. The van der Waals surface area contributed by atoms with Crippen LogP contribution < -0.4 is 4.90 Å². The molecule has 18 heavy (non-hydrogen) atoms. The van der Waals surface area contributed by atoms with Crippen LogP contribution in [0.3, 0.4) is 0 Å². The number of rotatable bonds is 3. The maximum atomic E-state index is 4.07. The zero-order valence-corrected chi connectivity index (χ0v) is 12.7. The van der Waals surface area contributed by atoms with Crippen molar-refractivity contribution < 1.29 is 0 Å². The number of hydrogen-bond donors (Lipinski definition) is 0. The Morgan fingerprint density at radius 3 is 2.83 bits per heavy atom. The molecular weight excluding hydrogens is 286 g/mol. The van der Waals surface area contributed by atoms with Crippen LogP contribution in [0.2, 0.25) is 0 Å². The molecule has 1 aromatic rings. The SMILES string of the molecule is C=C(C)C[C@H]1CC(C)=CCN1c1ccccc1Br. The first-order chi connectivity index (χ1) is 8.58. The van der Waals surface area contributed by atoms with Crippen molar-refractivity contribution >= 4 is 21.6 Å². The molecule has 0 fully saturated rings. The topological polar surface area (TPSA) is 3.24 Å². The van der Waals surface area contributed by atoms with Crippen molar-refractivity contribution in [2.45, 2.75) is 32.7 Å². The minimum atomic E-state index is 0.534. The Morgan fingerprint density at radius 1 is 1.44 bits per heavy atom. The van der Waals surface area contributed by atoms with Gasteiger partial charge in [-0.25, -0.2) is 0 Å². The molecule has 0 bridgehead atoms. The van der Waals surface area contributed by atoms with E-state index in [2.05, 4.69) is 71.6 Å². The highest BCUT2D eigenvalue weighted by molar-refractivity contribution is 9.10. The summed E-state index contributed by atoms with van der Waals surface area (Å²) in [5, 5.41) is 0. The molecule has 1 heterocycles. The number of nitrogens with zero attached hydrogens (tertiary/aromatic N) is 1. The van der Waals surface area contributed by atoms with Gasteiger partial charge in [0.2, 0.25) is 0 Å². The molecule has 0 saturated heterocycles. The van der Waals surface area contributed by atoms with E-state index in [0.29, 0.717) is 6.04 Å². The predicted octanol–water partition coefficient (Wildman–Crippen LogP) is 4.94. The fraction of sp³-hybridized carbons (Fsp3) is 0.375. The average molecular weight is 306 g/mol. The van der Waals surface area contributed by atoms with Crippen molar-refractivity contribution in [2.75, 3.05) is 11.4 Å². The molecule has 0 radical (unpaired) electrons. The van der Waals surface area contributed by atoms with Crippen molar-refractivity contribution in [1.29, 1.82) is 0 Å². The van der Waals surface area contributed by atoms with Crippen molar-refractivity contribution in [3.63, 3.8) is 0 Å². The van der Waals surface area contributed by atoms with E-state index in [1.54, 1.807) is 0 Å². The van der Waals surface area contributed by atoms with E-state index in [4.69, 9.17) is 0 Å². The van der Waals surface area contributed by atoms with Crippen molar-refractivity contribution in [3.05, 3.63) is 52.5 Å². The molecule has 1 atom stereocenters. The van der Waals surface area contributed by atoms with Gasteiger partial charge in [-0.05, 0) is 54.8 Å². The van der Waals surface area contributed by atoms with Crippen LogP contribution in [0.25, 0.3) is 0 Å². The third kappa shape index (κ3) is 3.05. The third-order valence-electron chi connectivity index (χ3n) is 3.38. The highest BCUT2D eigenvalue weighted by Gasteiger charge is 2.23. The first kappa shape index (κ1) is 13.4. The van der Waals surface area contributed by atoms with Gasteiger partial charge in [-0.2, -0.15) is 0 Å². The predicted molar refractivity (Wildman–Crippen MR) is 83.1 cm³/mol. The Labute approximate surface area is 118 Å². The van der Waals surface area contributed by atoms with Crippen molar-refractivity contribution in [1.82, 2.24) is 0 Å². The molecule has 0 amide bonds. The second kappa shape index (κ2) is 5.75. The monoisotopic (exact) mass is 305 g/mol. The lowest BCUT2D eigenvalue weighted by Gasteiger charge is -2.37. The maximum absolute atomic E-state index is 4.07. The summed E-state index contributed by atoms with van der Waals surface area (Å²) in [5.74, 6) is 0. The molecule has 96 valence electrons. The quantitative estimate of drug-likeness (QED) is 0.715. The molecule has 0 aromatic heterocycles. The molecule has 1 nitrogen and oxygen atoms in total. The number of halogens is 1. The van der Waals surface area contributed by atoms with Crippen LogP contribution in [-0.2, 0) is 0 Å². The average Bonchev–Trinajstić information content (AvgIpc) is 2.30. The van der Waals surface area contributed by atoms with Crippen LogP contribution in [0.1, 0.15) is 26.7 Å². The van der Waals surface area contributed by atoms with Crippen LogP contribution >= 0.6 is 15.9 Å². The molecule has 0 unspecified atom stereocenters. The van der Waals surface area contributed by atoms with Gasteiger partial charge >= 0.3 is 0 Å². The minimum Gasteiger partial charge on any atom is -0.363 e. The largest absolute Gasteiger partial charge is 0.363 e. The second-order valence-electron chi connectivity index (χ2n) is 5.17. The standard InChI is InChI=1S/C16H20BrN/c1-12(2)10-14-11-13(3)8-9-18(14)16-7-5-4-6-15(16)17/h4-8,14H,1,9-11H2,2-3H3/t14-/m0/s1. The first-order valence-electron chi connectivity index (χ1n) is 6.39. The lowest BCUT2D eigenvalue weighted by Crippen LogP contribution is -2.39. The van der Waals surface area contributed by atoms with Gasteiger partial charge in [-0.1, -0.05) is 29.4 Å². The molecule has 0 spiro atoms. The summed E-state index contributed by atoms with van der Waals surface area (Å²) in [6, 6.07) is 8.99. The Morgan fingerprint density at radius 2 is 2.17 bits per heavy atom. The van der Waals surface area contributed by atoms with Gasteiger partial charge in [0.15, 0.2) is 0 Å². The zero-order chi connectivity index (χ0) is 13.1. The third-order valence-corrected chi connectivity index (χ3v) is 4.05. The van der Waals surface area contributed by atoms with E-state index >= 15 is 0 Å². The number of benzene rings is 1. The molecule has 1 aromatic carbocycles. The molecular formula is C16H20BrN. The van der Waals surface area contributed by atoms with E-state index in [-0.39, 0.29) is 0 Å². The summed E-state index contributed by atoms with van der Waals surface area (Å²) in [6.07, 6.45) is 4.52. The van der Waals surface area contributed by atoms with E-state index in [9.17, 15) is 0 Å². The maximum Gasteiger partial charge on any atom is 0.0516 e. The highest BCUT2D eigenvalue weighted by Crippen LogP contribution is 2.32. The second-order valence-corrected chi connectivity index (χ2v) is 6.03. The van der Waals surface area contributed by atoms with E-state index in [1.165, 1.54) is 21.3 Å². The summed E-state index contributed by atoms with van der Waals surface area (Å²) in [4.78, 5) is 2.48. The van der Waals surface area contributed by atoms with Crippen LogP contribution in [0, 0.1) is 0 Å².